The van der Waals surface area contributed by atoms with Crippen LogP contribution in [0.4, 0.5) is 0 Å². The molecular formula is C10H8NO3-. The summed E-state index contributed by atoms with van der Waals surface area (Å²) >= 11 is 0. The molecule has 0 radical (unpaired) electrons. The summed E-state index contributed by atoms with van der Waals surface area (Å²) in [6.07, 6.45) is 3.72. The first-order valence-electron chi connectivity index (χ1n) is 4.16. The summed E-state index contributed by atoms with van der Waals surface area (Å²) in [5.74, 6) is -0.680. The highest BCUT2D eigenvalue weighted by Gasteiger charge is 2.00. The quantitative estimate of drug-likeness (QED) is 0.688. The first-order chi connectivity index (χ1) is 6.77. The van der Waals surface area contributed by atoms with Crippen molar-refractivity contribution in [3.63, 3.8) is 0 Å². The molecule has 72 valence electrons. The lowest BCUT2D eigenvalue weighted by Gasteiger charge is -2.07. The van der Waals surface area contributed by atoms with E-state index in [0.29, 0.717) is 5.75 Å². The lowest BCUT2D eigenvalue weighted by molar-refractivity contribution is -0.307. The molecule has 4 heteroatoms. The van der Waals surface area contributed by atoms with Crippen molar-refractivity contribution in [2.45, 2.75) is 0 Å². The Kier molecular flexibility index (Phi) is 2.10. The number of fused-ring (bicyclic) bond motifs is 1. The summed E-state index contributed by atoms with van der Waals surface area (Å²) < 4.78 is 6.91. The van der Waals surface area contributed by atoms with Gasteiger partial charge < -0.3 is 19.0 Å². The summed E-state index contributed by atoms with van der Waals surface area (Å²) in [4.78, 5) is 10.2. The van der Waals surface area contributed by atoms with Crippen LogP contribution in [0.25, 0.3) is 5.52 Å². The topological polar surface area (TPSA) is 53.8 Å². The van der Waals surface area contributed by atoms with Crippen LogP contribution in [0.3, 0.4) is 0 Å². The molecule has 2 heterocycles. The van der Waals surface area contributed by atoms with Gasteiger partial charge in [-0.2, -0.15) is 0 Å². The number of carboxylic acid groups (broad SMARTS) is 1. The zero-order valence-electron chi connectivity index (χ0n) is 7.34. The Morgan fingerprint density at radius 2 is 2.07 bits per heavy atom. The molecular weight excluding hydrogens is 182 g/mol. The van der Waals surface area contributed by atoms with E-state index in [1.165, 1.54) is 0 Å². The van der Waals surface area contributed by atoms with E-state index in [9.17, 15) is 9.90 Å². The number of aromatic nitrogens is 1. The highest BCUT2D eigenvalue weighted by Crippen LogP contribution is 2.19. The van der Waals surface area contributed by atoms with Crippen molar-refractivity contribution in [3.05, 3.63) is 36.7 Å². The largest absolute Gasteiger partial charge is 0.546 e. The van der Waals surface area contributed by atoms with E-state index in [-0.39, 0.29) is 0 Å². The fraction of sp³-hybridized carbons (Fsp3) is 0.100. The summed E-state index contributed by atoms with van der Waals surface area (Å²) in [5.41, 5.74) is 0.841. The molecule has 0 saturated carbocycles. The fourth-order valence-electron chi connectivity index (χ4n) is 1.30. The average Bonchev–Trinajstić information content (AvgIpc) is 2.62. The van der Waals surface area contributed by atoms with Gasteiger partial charge in [0, 0.05) is 12.4 Å². The van der Waals surface area contributed by atoms with E-state index < -0.39 is 12.6 Å². The Labute approximate surface area is 80.3 Å². The van der Waals surface area contributed by atoms with Gasteiger partial charge in [0.15, 0.2) is 0 Å². The van der Waals surface area contributed by atoms with Crippen LogP contribution in [0.5, 0.6) is 5.75 Å². The zero-order chi connectivity index (χ0) is 9.97. The molecule has 0 spiro atoms. The molecule has 14 heavy (non-hydrogen) atoms. The van der Waals surface area contributed by atoms with Crippen LogP contribution in [-0.2, 0) is 4.79 Å². The number of rotatable bonds is 3. The minimum absolute atomic E-state index is 0.426. The van der Waals surface area contributed by atoms with Gasteiger partial charge in [0.1, 0.15) is 12.4 Å². The standard InChI is InChI=1S/C10H9NO3/c12-10(13)7-14-9-4-2-6-11-5-1-3-8(9)11/h1-6H,7H2,(H,12,13)/p-1. The number of carbonyl (C=O) groups is 1. The van der Waals surface area contributed by atoms with Crippen molar-refractivity contribution in [2.75, 3.05) is 6.61 Å². The van der Waals surface area contributed by atoms with Crippen LogP contribution < -0.4 is 9.84 Å². The van der Waals surface area contributed by atoms with E-state index >= 15 is 0 Å². The summed E-state index contributed by atoms with van der Waals surface area (Å²) in [7, 11) is 0. The third-order valence-corrected chi connectivity index (χ3v) is 1.87. The van der Waals surface area contributed by atoms with Gasteiger partial charge in [-0.3, -0.25) is 0 Å². The second kappa shape index (κ2) is 3.41. The Balaban J connectivity index is 2.32. The molecule has 2 aromatic rings. The lowest BCUT2D eigenvalue weighted by Crippen LogP contribution is -2.29. The maximum Gasteiger partial charge on any atom is 0.143 e. The van der Waals surface area contributed by atoms with Crippen molar-refractivity contribution in [2.24, 2.45) is 0 Å². The normalized spacial score (nSPS) is 10.3. The van der Waals surface area contributed by atoms with Crippen LogP contribution in [0.15, 0.2) is 36.7 Å². The van der Waals surface area contributed by atoms with E-state index in [1.807, 2.05) is 28.9 Å². The molecule has 4 nitrogen and oxygen atoms in total. The van der Waals surface area contributed by atoms with Gasteiger partial charge in [-0.25, -0.2) is 0 Å². The van der Waals surface area contributed by atoms with Crippen molar-refractivity contribution in [1.82, 2.24) is 4.40 Å². The average molecular weight is 190 g/mol. The summed E-state index contributed by atoms with van der Waals surface area (Å²) in [6.45, 7) is -0.426. The van der Waals surface area contributed by atoms with E-state index in [4.69, 9.17) is 4.74 Å². The van der Waals surface area contributed by atoms with Gasteiger partial charge in [0.2, 0.25) is 0 Å². The molecule has 0 unspecified atom stereocenters. The summed E-state index contributed by atoms with van der Waals surface area (Å²) in [6, 6.07) is 7.22. The van der Waals surface area contributed by atoms with Crippen molar-refractivity contribution in [3.8, 4) is 5.75 Å². The number of hydrogen-bond donors (Lipinski definition) is 0. The third-order valence-electron chi connectivity index (χ3n) is 1.87. The Bertz CT molecular complexity index is 461. The maximum absolute atomic E-state index is 10.2. The minimum atomic E-state index is -1.22. The SMILES string of the molecule is O=C([O-])COc1cccn2cccc12. The highest BCUT2D eigenvalue weighted by molar-refractivity contribution is 5.67. The Morgan fingerprint density at radius 1 is 1.36 bits per heavy atom. The van der Waals surface area contributed by atoms with Gasteiger partial charge in [-0.1, -0.05) is 0 Å². The third kappa shape index (κ3) is 1.54. The number of hydrogen-bond acceptors (Lipinski definition) is 3. The van der Waals surface area contributed by atoms with E-state index in [0.717, 1.165) is 5.52 Å². The first-order valence-corrected chi connectivity index (χ1v) is 4.16. The Hall–Kier alpha value is -1.97. The summed E-state index contributed by atoms with van der Waals surface area (Å²) in [5, 5.41) is 10.2. The highest BCUT2D eigenvalue weighted by atomic mass is 16.5. The predicted octanol–water partition coefficient (Wildman–Crippen LogP) is 0.0680. The number of nitrogens with zero attached hydrogens (tertiary/aromatic N) is 1. The fourth-order valence-corrected chi connectivity index (χ4v) is 1.30. The van der Waals surface area contributed by atoms with Crippen molar-refractivity contribution >= 4 is 11.5 Å². The lowest BCUT2D eigenvalue weighted by atomic mass is 10.4. The van der Waals surface area contributed by atoms with E-state index in [1.54, 1.807) is 12.1 Å². The minimum Gasteiger partial charge on any atom is -0.546 e. The first kappa shape index (κ1) is 8.62. The molecule has 0 amide bonds. The molecule has 0 aliphatic rings. The molecule has 0 aliphatic carbocycles. The second-order valence-corrected chi connectivity index (χ2v) is 2.83. The molecule has 2 aromatic heterocycles. The number of pyridine rings is 1. The molecule has 0 aliphatic heterocycles. The van der Waals surface area contributed by atoms with Gasteiger partial charge >= 0.3 is 0 Å². The number of aliphatic carboxylic acids is 1. The zero-order valence-corrected chi connectivity index (χ0v) is 7.34. The van der Waals surface area contributed by atoms with Crippen LogP contribution >= 0.6 is 0 Å². The maximum atomic E-state index is 10.2. The molecule has 0 bridgehead atoms. The predicted molar refractivity (Wildman–Crippen MR) is 47.9 cm³/mol. The second-order valence-electron chi connectivity index (χ2n) is 2.83. The van der Waals surface area contributed by atoms with Gasteiger partial charge in [-0.15, -0.1) is 0 Å². The molecule has 0 N–H and O–H groups in total. The van der Waals surface area contributed by atoms with Crippen LogP contribution in [-0.4, -0.2) is 17.0 Å². The smallest absolute Gasteiger partial charge is 0.143 e. The number of carboxylic acids is 1. The number of carbonyl (C=O) groups excluding carboxylic acids is 1. The van der Waals surface area contributed by atoms with Crippen LogP contribution in [0.1, 0.15) is 0 Å². The molecule has 2 rings (SSSR count). The van der Waals surface area contributed by atoms with Gasteiger partial charge in [0.05, 0.1) is 11.5 Å². The molecule has 0 fully saturated rings. The molecule has 0 saturated heterocycles. The molecule has 0 aromatic carbocycles. The van der Waals surface area contributed by atoms with Crippen molar-refractivity contribution in [1.29, 1.82) is 0 Å². The van der Waals surface area contributed by atoms with E-state index in [2.05, 4.69) is 0 Å². The molecule has 0 atom stereocenters. The van der Waals surface area contributed by atoms with Crippen LogP contribution in [0.2, 0.25) is 0 Å². The van der Waals surface area contributed by atoms with Crippen molar-refractivity contribution < 1.29 is 14.6 Å². The van der Waals surface area contributed by atoms with Gasteiger partial charge in [0.25, 0.3) is 0 Å². The number of ether oxygens (including phenoxy) is 1. The van der Waals surface area contributed by atoms with Crippen LogP contribution in [0, 0.1) is 0 Å². The van der Waals surface area contributed by atoms with Gasteiger partial charge in [-0.05, 0) is 24.3 Å². The Morgan fingerprint density at radius 3 is 2.79 bits per heavy atom. The monoisotopic (exact) mass is 190 g/mol.